The van der Waals surface area contributed by atoms with Crippen LogP contribution < -0.4 is 4.74 Å². The van der Waals surface area contributed by atoms with Gasteiger partial charge in [-0.05, 0) is 47.5 Å². The molecule has 0 heterocycles. The quantitative estimate of drug-likeness (QED) is 0.359. The van der Waals surface area contributed by atoms with Crippen LogP contribution in [0.1, 0.15) is 22.3 Å². The van der Waals surface area contributed by atoms with Gasteiger partial charge in [-0.15, -0.1) is 0 Å². The lowest BCUT2D eigenvalue weighted by Crippen LogP contribution is -1.98. The fourth-order valence-electron chi connectivity index (χ4n) is 2.59. The molecule has 28 heavy (non-hydrogen) atoms. The van der Waals surface area contributed by atoms with Crippen molar-refractivity contribution in [2.45, 2.75) is 6.61 Å². The maximum absolute atomic E-state index is 9.47. The van der Waals surface area contributed by atoms with Crippen molar-refractivity contribution in [3.63, 3.8) is 0 Å². The summed E-state index contributed by atoms with van der Waals surface area (Å²) in [6.07, 6.45) is 1.77. The van der Waals surface area contributed by atoms with Crippen LogP contribution in [0, 0.1) is 22.7 Å². The third kappa shape index (κ3) is 4.72. The van der Waals surface area contributed by atoms with E-state index in [1.807, 2.05) is 42.5 Å². The lowest BCUT2D eigenvalue weighted by molar-refractivity contribution is 0.306. The molecule has 3 aromatic carbocycles. The van der Waals surface area contributed by atoms with Gasteiger partial charge in [-0.25, -0.2) is 0 Å². The highest BCUT2D eigenvalue weighted by Crippen LogP contribution is 2.27. The van der Waals surface area contributed by atoms with Crippen LogP contribution >= 0.6 is 23.2 Å². The molecule has 3 rings (SSSR count). The van der Waals surface area contributed by atoms with Gasteiger partial charge in [0, 0.05) is 5.56 Å². The summed E-state index contributed by atoms with van der Waals surface area (Å²) in [5.74, 6) is 0.679. The molecule has 0 atom stereocenters. The molecule has 0 saturated carbocycles. The monoisotopic (exact) mass is 404 g/mol. The molecule has 0 aromatic heterocycles. The zero-order chi connectivity index (χ0) is 19.9. The van der Waals surface area contributed by atoms with Crippen LogP contribution in [0.15, 0.2) is 66.7 Å². The van der Waals surface area contributed by atoms with Gasteiger partial charge in [0.1, 0.15) is 12.4 Å². The van der Waals surface area contributed by atoms with Gasteiger partial charge < -0.3 is 4.74 Å². The van der Waals surface area contributed by atoms with Gasteiger partial charge in [0.05, 0.1) is 33.3 Å². The average molecular weight is 405 g/mol. The Hall–Kier alpha value is -3.24. The molecule has 3 aromatic rings. The van der Waals surface area contributed by atoms with Gasteiger partial charge >= 0.3 is 0 Å². The number of nitrogens with zero attached hydrogens (tertiary/aromatic N) is 2. The third-order valence-electron chi connectivity index (χ3n) is 4.07. The second-order valence-electron chi connectivity index (χ2n) is 5.93. The largest absolute Gasteiger partial charge is 0.489 e. The first kappa shape index (κ1) is 19.5. The molecular formula is C23H14Cl2N2O. The SMILES string of the molecule is N#C/C(=C/c1ccc(OCc2ccccc2C#N)cc1)c1ccc(Cl)c(Cl)c1. The Morgan fingerprint density at radius 3 is 2.36 bits per heavy atom. The van der Waals surface area contributed by atoms with E-state index in [1.54, 1.807) is 30.3 Å². The van der Waals surface area contributed by atoms with Crippen molar-refractivity contribution in [1.82, 2.24) is 0 Å². The average Bonchev–Trinajstić information content (AvgIpc) is 2.73. The summed E-state index contributed by atoms with van der Waals surface area (Å²) in [5, 5.41) is 19.5. The van der Waals surface area contributed by atoms with Gasteiger partial charge in [-0.2, -0.15) is 10.5 Å². The molecular weight excluding hydrogens is 391 g/mol. The highest BCUT2D eigenvalue weighted by atomic mass is 35.5. The minimum atomic E-state index is 0.311. The highest BCUT2D eigenvalue weighted by Gasteiger charge is 2.06. The Morgan fingerprint density at radius 1 is 0.929 bits per heavy atom. The Bertz CT molecular complexity index is 1110. The molecule has 0 N–H and O–H groups in total. The summed E-state index contributed by atoms with van der Waals surface area (Å²) in [7, 11) is 0. The van der Waals surface area contributed by atoms with E-state index in [9.17, 15) is 5.26 Å². The van der Waals surface area contributed by atoms with Gasteiger partial charge in [0.2, 0.25) is 0 Å². The van der Waals surface area contributed by atoms with Crippen molar-refractivity contribution < 1.29 is 4.74 Å². The van der Waals surface area contributed by atoms with Crippen LogP contribution in [-0.4, -0.2) is 0 Å². The molecule has 0 fully saturated rings. The molecule has 0 aliphatic heterocycles. The number of ether oxygens (including phenoxy) is 1. The molecule has 0 amide bonds. The molecule has 3 nitrogen and oxygen atoms in total. The van der Waals surface area contributed by atoms with E-state index >= 15 is 0 Å². The third-order valence-corrected chi connectivity index (χ3v) is 4.81. The number of halogens is 2. The van der Waals surface area contributed by atoms with E-state index < -0.39 is 0 Å². The van der Waals surface area contributed by atoms with Crippen LogP contribution in [0.3, 0.4) is 0 Å². The maximum atomic E-state index is 9.47. The Labute approximate surface area is 173 Å². The van der Waals surface area contributed by atoms with Crippen molar-refractivity contribution in [2.24, 2.45) is 0 Å². The smallest absolute Gasteiger partial charge is 0.119 e. The molecule has 0 aliphatic carbocycles. The molecule has 0 spiro atoms. The lowest BCUT2D eigenvalue weighted by Gasteiger charge is -2.08. The maximum Gasteiger partial charge on any atom is 0.119 e. The highest BCUT2D eigenvalue weighted by molar-refractivity contribution is 6.42. The van der Waals surface area contributed by atoms with Crippen LogP contribution in [0.5, 0.6) is 5.75 Å². The number of allylic oxidation sites excluding steroid dienone is 1. The minimum absolute atomic E-state index is 0.311. The first-order valence-electron chi connectivity index (χ1n) is 8.39. The van der Waals surface area contributed by atoms with E-state index in [1.165, 1.54) is 0 Å². The van der Waals surface area contributed by atoms with Gasteiger partial charge in [0.15, 0.2) is 0 Å². The van der Waals surface area contributed by atoms with Crippen molar-refractivity contribution >= 4 is 34.9 Å². The van der Waals surface area contributed by atoms with Gasteiger partial charge in [0.25, 0.3) is 0 Å². The van der Waals surface area contributed by atoms with Crippen LogP contribution in [0.25, 0.3) is 11.6 Å². The second kappa shape index (κ2) is 9.11. The fourth-order valence-corrected chi connectivity index (χ4v) is 2.89. The molecule has 136 valence electrons. The molecule has 0 unspecified atom stereocenters. The Morgan fingerprint density at radius 2 is 1.68 bits per heavy atom. The number of rotatable bonds is 5. The van der Waals surface area contributed by atoms with Crippen LogP contribution in [-0.2, 0) is 6.61 Å². The summed E-state index contributed by atoms with van der Waals surface area (Å²) in [4.78, 5) is 0. The number of benzene rings is 3. The summed E-state index contributed by atoms with van der Waals surface area (Å²) in [6.45, 7) is 0.311. The molecule has 0 aliphatic rings. The molecule has 5 heteroatoms. The minimum Gasteiger partial charge on any atom is -0.489 e. The summed E-state index contributed by atoms with van der Waals surface area (Å²) in [6, 6.07) is 24.1. The topological polar surface area (TPSA) is 56.8 Å². The Balaban J connectivity index is 1.74. The summed E-state index contributed by atoms with van der Waals surface area (Å²) in [5.41, 5.74) is 3.47. The van der Waals surface area contributed by atoms with E-state index in [4.69, 9.17) is 33.2 Å². The zero-order valence-electron chi connectivity index (χ0n) is 14.7. The van der Waals surface area contributed by atoms with Gasteiger partial charge in [-0.1, -0.05) is 59.6 Å². The number of hydrogen-bond donors (Lipinski definition) is 0. The van der Waals surface area contributed by atoms with Crippen molar-refractivity contribution in [2.75, 3.05) is 0 Å². The van der Waals surface area contributed by atoms with Crippen molar-refractivity contribution in [3.8, 4) is 17.9 Å². The molecule has 0 saturated heterocycles. The van der Waals surface area contributed by atoms with Crippen LogP contribution in [0.2, 0.25) is 10.0 Å². The molecule has 0 radical (unpaired) electrons. The predicted octanol–water partition coefficient (Wildman–Crippen LogP) is 6.51. The van der Waals surface area contributed by atoms with E-state index in [-0.39, 0.29) is 0 Å². The second-order valence-corrected chi connectivity index (χ2v) is 6.74. The zero-order valence-corrected chi connectivity index (χ0v) is 16.2. The summed E-state index contributed by atoms with van der Waals surface area (Å²) < 4.78 is 5.77. The van der Waals surface area contributed by atoms with Crippen LogP contribution in [0.4, 0.5) is 0 Å². The normalized spacial score (nSPS) is 10.8. The fraction of sp³-hybridized carbons (Fsp3) is 0.0435. The van der Waals surface area contributed by atoms with Crippen molar-refractivity contribution in [3.05, 3.63) is 99.0 Å². The summed E-state index contributed by atoms with van der Waals surface area (Å²) >= 11 is 12.0. The Kier molecular flexibility index (Phi) is 6.35. The predicted molar refractivity (Wildman–Crippen MR) is 112 cm³/mol. The van der Waals surface area contributed by atoms with Crippen molar-refractivity contribution in [1.29, 1.82) is 10.5 Å². The first-order chi connectivity index (χ1) is 13.6. The number of hydrogen-bond acceptors (Lipinski definition) is 3. The standard InChI is InChI=1S/C23H14Cl2N2O/c24-22-10-7-17(12-23(22)25)20(14-27)11-16-5-8-21(9-6-16)28-15-19-4-2-1-3-18(19)13-26/h1-12H,15H2/b20-11-. The number of nitriles is 2. The molecule has 0 bridgehead atoms. The van der Waals surface area contributed by atoms with Gasteiger partial charge in [-0.3, -0.25) is 0 Å². The van der Waals surface area contributed by atoms with E-state index in [2.05, 4.69) is 12.1 Å². The first-order valence-corrected chi connectivity index (χ1v) is 9.14. The van der Waals surface area contributed by atoms with E-state index in [0.717, 1.165) is 11.1 Å². The lowest BCUT2D eigenvalue weighted by atomic mass is 10.0. The van der Waals surface area contributed by atoms with E-state index in [0.29, 0.717) is 39.1 Å².